The fraction of sp³-hybridized carbons (Fsp3) is 0. The van der Waals surface area contributed by atoms with Crippen molar-refractivity contribution in [3.8, 4) is 56.7 Å². The van der Waals surface area contributed by atoms with E-state index in [1.54, 1.807) is 0 Å². The van der Waals surface area contributed by atoms with Crippen molar-refractivity contribution >= 4 is 76.3 Å². The third-order valence-electron chi connectivity index (χ3n) is 13.4. The molecule has 0 N–H and O–H groups in total. The number of hydrogen-bond donors (Lipinski definition) is 0. The zero-order chi connectivity index (χ0) is 44.0. The van der Waals surface area contributed by atoms with Gasteiger partial charge in [0.2, 0.25) is 0 Å². The Kier molecular flexibility index (Phi) is 8.18. The predicted octanol–water partition coefficient (Wildman–Crippen LogP) is 15.8. The molecule has 6 heteroatoms. The Bertz CT molecular complexity index is 4260. The number of para-hydroxylation sites is 5. The van der Waals surface area contributed by atoms with Crippen molar-refractivity contribution < 1.29 is 4.42 Å². The van der Waals surface area contributed by atoms with E-state index in [2.05, 4.69) is 215 Å². The maximum absolute atomic E-state index is 7.00. The maximum atomic E-state index is 7.00. The summed E-state index contributed by atoms with van der Waals surface area (Å²) >= 11 is 0. The molecule has 4 heterocycles. The van der Waals surface area contributed by atoms with Crippen molar-refractivity contribution in [3.05, 3.63) is 224 Å². The van der Waals surface area contributed by atoms with E-state index >= 15 is 0 Å². The maximum Gasteiger partial charge on any atom is 0.166 e. The van der Waals surface area contributed by atoms with Crippen LogP contribution in [0.25, 0.3) is 133 Å². The first-order valence-corrected chi connectivity index (χ1v) is 22.6. The molecule has 0 fully saturated rings. The predicted molar refractivity (Wildman–Crippen MR) is 275 cm³/mol. The van der Waals surface area contributed by atoms with Crippen molar-refractivity contribution in [3.63, 3.8) is 0 Å². The van der Waals surface area contributed by atoms with Gasteiger partial charge in [-0.25, -0.2) is 15.0 Å². The van der Waals surface area contributed by atoms with Crippen LogP contribution in [0.1, 0.15) is 0 Å². The normalized spacial score (nSPS) is 11.9. The summed E-state index contributed by atoms with van der Waals surface area (Å²) in [6.07, 6.45) is 0. The Morgan fingerprint density at radius 1 is 0.328 bits per heavy atom. The molecule has 14 aromatic rings. The van der Waals surface area contributed by atoms with Crippen LogP contribution in [0, 0.1) is 0 Å². The van der Waals surface area contributed by atoms with Gasteiger partial charge in [0.25, 0.3) is 0 Å². The highest BCUT2D eigenvalue weighted by molar-refractivity contribution is 6.17. The molecule has 4 aromatic heterocycles. The highest BCUT2D eigenvalue weighted by Gasteiger charge is 2.26. The Balaban J connectivity index is 1.10. The molecular formula is C61H37N5O. The number of rotatable bonds is 6. The second kappa shape index (κ2) is 14.7. The van der Waals surface area contributed by atoms with Crippen LogP contribution < -0.4 is 0 Å². The molecule has 14 rings (SSSR count). The fourth-order valence-corrected chi connectivity index (χ4v) is 10.3. The van der Waals surface area contributed by atoms with Gasteiger partial charge >= 0.3 is 0 Å². The number of fused-ring (bicyclic) bond motifs is 10. The zero-order valence-electron chi connectivity index (χ0n) is 36.0. The summed E-state index contributed by atoms with van der Waals surface area (Å²) in [4.78, 5) is 16.4. The minimum absolute atomic E-state index is 0.538. The molecule has 0 aliphatic carbocycles. The molecule has 0 spiro atoms. The second-order valence-electron chi connectivity index (χ2n) is 17.1. The quantitative estimate of drug-likeness (QED) is 0.167. The lowest BCUT2D eigenvalue weighted by molar-refractivity contribution is 0.666. The largest absolute Gasteiger partial charge is 0.454 e. The second-order valence-corrected chi connectivity index (χ2v) is 17.1. The lowest BCUT2D eigenvalue weighted by atomic mass is 10.0. The Morgan fingerprint density at radius 3 is 1.67 bits per heavy atom. The van der Waals surface area contributed by atoms with Crippen LogP contribution in [0.4, 0.5) is 0 Å². The van der Waals surface area contributed by atoms with E-state index in [1.165, 1.54) is 5.39 Å². The van der Waals surface area contributed by atoms with Gasteiger partial charge in [-0.1, -0.05) is 164 Å². The van der Waals surface area contributed by atoms with Gasteiger partial charge in [-0.2, -0.15) is 0 Å². The third kappa shape index (κ3) is 5.80. The van der Waals surface area contributed by atoms with Gasteiger partial charge in [0, 0.05) is 54.7 Å². The molecule has 0 aliphatic heterocycles. The number of aromatic nitrogens is 5. The van der Waals surface area contributed by atoms with Crippen molar-refractivity contribution in [1.82, 2.24) is 24.1 Å². The number of benzene rings is 10. The van der Waals surface area contributed by atoms with Gasteiger partial charge in [-0.05, 0) is 82.6 Å². The van der Waals surface area contributed by atoms with Gasteiger partial charge in [0.1, 0.15) is 11.3 Å². The van der Waals surface area contributed by atoms with E-state index in [0.717, 1.165) is 110 Å². The highest BCUT2D eigenvalue weighted by atomic mass is 16.3. The summed E-state index contributed by atoms with van der Waals surface area (Å²) in [6.45, 7) is 0. The molecule has 0 saturated heterocycles. The first-order chi connectivity index (χ1) is 33.2. The Labute approximate surface area is 384 Å². The van der Waals surface area contributed by atoms with E-state index in [0.29, 0.717) is 17.5 Å². The lowest BCUT2D eigenvalue weighted by Crippen LogP contribution is -2.05. The minimum atomic E-state index is 0.538. The monoisotopic (exact) mass is 855 g/mol. The van der Waals surface area contributed by atoms with E-state index in [-0.39, 0.29) is 0 Å². The molecule has 0 atom stereocenters. The number of furan rings is 1. The van der Waals surface area contributed by atoms with Gasteiger partial charge in [-0.3, -0.25) is 0 Å². The topological polar surface area (TPSA) is 61.7 Å². The molecule has 6 nitrogen and oxygen atoms in total. The van der Waals surface area contributed by atoms with Gasteiger partial charge in [0.15, 0.2) is 23.1 Å². The van der Waals surface area contributed by atoms with Gasteiger partial charge < -0.3 is 13.6 Å². The molecule has 0 aliphatic rings. The van der Waals surface area contributed by atoms with Crippen LogP contribution in [0.3, 0.4) is 0 Å². The number of hydrogen-bond acceptors (Lipinski definition) is 4. The molecular weight excluding hydrogens is 819 g/mol. The molecule has 0 amide bonds. The van der Waals surface area contributed by atoms with Crippen LogP contribution in [0.2, 0.25) is 0 Å². The summed E-state index contributed by atoms with van der Waals surface area (Å²) < 4.78 is 11.7. The molecule has 67 heavy (non-hydrogen) atoms. The van der Waals surface area contributed by atoms with Crippen molar-refractivity contribution in [2.45, 2.75) is 0 Å². The van der Waals surface area contributed by atoms with Crippen molar-refractivity contribution in [1.29, 1.82) is 0 Å². The molecule has 0 bridgehead atoms. The smallest absolute Gasteiger partial charge is 0.166 e. The van der Waals surface area contributed by atoms with Gasteiger partial charge in [0.05, 0.1) is 22.1 Å². The Morgan fingerprint density at radius 2 is 0.896 bits per heavy atom. The van der Waals surface area contributed by atoms with Crippen LogP contribution in [-0.2, 0) is 0 Å². The SMILES string of the molecule is c1ccc(-c2ccc(-c3nc(-c4ccc5c(oc6ccccc65)c4-n4c5ccccc5c5cc6ccccc6cc54)nc(-c4cccc5c6ccccc6n(-c6ccccc6)c45)n3)cc2)cc1. The number of nitrogens with zero attached hydrogens (tertiary/aromatic N) is 5. The summed E-state index contributed by atoms with van der Waals surface area (Å²) in [5, 5.41) is 9.00. The van der Waals surface area contributed by atoms with Crippen LogP contribution in [-0.4, -0.2) is 24.1 Å². The van der Waals surface area contributed by atoms with Crippen molar-refractivity contribution in [2.75, 3.05) is 0 Å². The summed E-state index contributed by atoms with van der Waals surface area (Å²) in [7, 11) is 0. The van der Waals surface area contributed by atoms with E-state index in [9.17, 15) is 0 Å². The van der Waals surface area contributed by atoms with Crippen molar-refractivity contribution in [2.24, 2.45) is 0 Å². The Hall–Kier alpha value is -9.13. The molecule has 0 unspecified atom stereocenters. The van der Waals surface area contributed by atoms with E-state index in [1.807, 2.05) is 18.2 Å². The van der Waals surface area contributed by atoms with Crippen LogP contribution in [0.5, 0.6) is 0 Å². The lowest BCUT2D eigenvalue weighted by Gasteiger charge is -2.16. The minimum Gasteiger partial charge on any atom is -0.454 e. The highest BCUT2D eigenvalue weighted by Crippen LogP contribution is 2.44. The molecule has 10 aromatic carbocycles. The average molecular weight is 856 g/mol. The third-order valence-corrected chi connectivity index (χ3v) is 13.4. The fourth-order valence-electron chi connectivity index (χ4n) is 10.3. The van der Waals surface area contributed by atoms with E-state index < -0.39 is 0 Å². The first kappa shape index (κ1) is 37.3. The van der Waals surface area contributed by atoms with E-state index in [4.69, 9.17) is 19.4 Å². The zero-order valence-corrected chi connectivity index (χ0v) is 36.0. The summed E-state index contributed by atoms with van der Waals surface area (Å²) in [6, 6.07) is 79.0. The summed E-state index contributed by atoms with van der Waals surface area (Å²) in [5.41, 5.74) is 12.6. The summed E-state index contributed by atoms with van der Waals surface area (Å²) in [5.74, 6) is 1.68. The molecule has 0 saturated carbocycles. The molecule has 312 valence electrons. The van der Waals surface area contributed by atoms with Gasteiger partial charge in [-0.15, -0.1) is 0 Å². The standard InChI is InChI=1S/C61H37N5O/c1-3-16-38(17-4-1)39-30-32-40(33-31-39)59-62-60(49-26-15-25-47-44-22-9-12-27-52(44)65(56(47)49)43-20-5-2-6-21-43)64-61(63-59)50-35-34-48-46-24-11-14-29-55(46)67-58(48)57(50)66-53-28-13-10-23-45(53)51-36-41-18-7-8-19-42(41)37-54(51)66/h1-37H. The van der Waals surface area contributed by atoms with Crippen LogP contribution in [0.15, 0.2) is 229 Å². The first-order valence-electron chi connectivity index (χ1n) is 22.6. The average Bonchev–Trinajstić information content (AvgIpc) is 4.06. The molecule has 0 radical (unpaired) electrons. The van der Waals surface area contributed by atoms with Crippen LogP contribution >= 0.6 is 0 Å².